The molecular formula is C16H24FNO2. The monoisotopic (exact) mass is 281 g/mol. The second kappa shape index (κ2) is 6.20. The Balaban J connectivity index is 1.86. The lowest BCUT2D eigenvalue weighted by Crippen LogP contribution is -2.39. The fraction of sp³-hybridized carbons (Fsp3) is 0.625. The average Bonchev–Trinajstić information content (AvgIpc) is 2.35. The molecule has 1 N–H and O–H groups in total. The molecule has 0 aliphatic carbocycles. The van der Waals surface area contributed by atoms with Crippen molar-refractivity contribution >= 4 is 0 Å². The lowest BCUT2D eigenvalue weighted by Gasteiger charge is -2.31. The highest BCUT2D eigenvalue weighted by Gasteiger charge is 2.20. The molecule has 1 aliphatic rings. The first-order chi connectivity index (χ1) is 9.33. The van der Waals surface area contributed by atoms with Gasteiger partial charge in [0.1, 0.15) is 5.82 Å². The van der Waals surface area contributed by atoms with Crippen LogP contribution in [0, 0.1) is 5.82 Å². The third-order valence-electron chi connectivity index (χ3n) is 3.44. The summed E-state index contributed by atoms with van der Waals surface area (Å²) in [4.78, 5) is 2.15. The van der Waals surface area contributed by atoms with Crippen molar-refractivity contribution in [1.29, 1.82) is 0 Å². The summed E-state index contributed by atoms with van der Waals surface area (Å²) in [5.74, 6) is -0.192. The minimum Gasteiger partial charge on any atom is -0.389 e. The summed E-state index contributed by atoms with van der Waals surface area (Å²) in [5, 5.41) is 10.0. The van der Waals surface area contributed by atoms with E-state index in [4.69, 9.17) is 4.74 Å². The molecule has 0 amide bonds. The van der Waals surface area contributed by atoms with E-state index in [0.717, 1.165) is 18.5 Å². The maximum atomic E-state index is 13.2. The van der Waals surface area contributed by atoms with Crippen molar-refractivity contribution in [2.24, 2.45) is 0 Å². The smallest absolute Gasteiger partial charge is 0.123 e. The van der Waals surface area contributed by atoms with Crippen LogP contribution in [0.4, 0.5) is 4.39 Å². The molecule has 0 saturated carbocycles. The number of aliphatic hydroxyl groups is 1. The van der Waals surface area contributed by atoms with Gasteiger partial charge in [-0.05, 0) is 50.5 Å². The number of benzene rings is 1. The first-order valence-corrected chi connectivity index (χ1v) is 7.15. The number of fused-ring (bicyclic) bond motifs is 1. The summed E-state index contributed by atoms with van der Waals surface area (Å²) in [7, 11) is 0. The molecule has 20 heavy (non-hydrogen) atoms. The average molecular weight is 281 g/mol. The van der Waals surface area contributed by atoms with Crippen LogP contribution in [-0.2, 0) is 17.7 Å². The van der Waals surface area contributed by atoms with Crippen LogP contribution in [0.2, 0.25) is 0 Å². The van der Waals surface area contributed by atoms with Crippen molar-refractivity contribution in [2.75, 3.05) is 19.7 Å². The third kappa shape index (κ3) is 4.54. The van der Waals surface area contributed by atoms with Crippen LogP contribution < -0.4 is 0 Å². The second-order valence-corrected chi connectivity index (χ2v) is 6.48. The second-order valence-electron chi connectivity index (χ2n) is 6.48. The number of ether oxygens (including phenoxy) is 1. The Morgan fingerprint density at radius 2 is 2.10 bits per heavy atom. The largest absolute Gasteiger partial charge is 0.389 e. The maximum Gasteiger partial charge on any atom is 0.123 e. The molecule has 1 aliphatic heterocycles. The van der Waals surface area contributed by atoms with E-state index in [1.54, 1.807) is 6.07 Å². The van der Waals surface area contributed by atoms with Gasteiger partial charge >= 0.3 is 0 Å². The highest BCUT2D eigenvalue weighted by molar-refractivity contribution is 5.29. The molecule has 0 bridgehead atoms. The van der Waals surface area contributed by atoms with Gasteiger partial charge in [0.05, 0.1) is 18.3 Å². The summed E-state index contributed by atoms with van der Waals surface area (Å²) in [6, 6.07) is 4.97. The first-order valence-electron chi connectivity index (χ1n) is 7.15. The van der Waals surface area contributed by atoms with Crippen LogP contribution in [0.3, 0.4) is 0 Å². The van der Waals surface area contributed by atoms with Gasteiger partial charge in [-0.1, -0.05) is 6.07 Å². The Morgan fingerprint density at radius 3 is 2.80 bits per heavy atom. The van der Waals surface area contributed by atoms with E-state index >= 15 is 0 Å². The minimum absolute atomic E-state index is 0.192. The van der Waals surface area contributed by atoms with Gasteiger partial charge in [-0.2, -0.15) is 0 Å². The van der Waals surface area contributed by atoms with E-state index in [0.29, 0.717) is 19.7 Å². The molecule has 4 heteroatoms. The summed E-state index contributed by atoms with van der Waals surface area (Å²) >= 11 is 0. The highest BCUT2D eigenvalue weighted by atomic mass is 19.1. The van der Waals surface area contributed by atoms with Gasteiger partial charge in [0, 0.05) is 19.6 Å². The standard InChI is InChI=1S/C16H24FNO2/c1-16(2,3)20-11-15(19)10-18-7-6-12-4-5-14(17)8-13(12)9-18/h4-5,8,15,19H,6-7,9-11H2,1-3H3/t15-/m1/s1. The van der Waals surface area contributed by atoms with Crippen LogP contribution in [-0.4, -0.2) is 41.4 Å². The normalized spacial score (nSPS) is 17.9. The molecule has 0 saturated heterocycles. The van der Waals surface area contributed by atoms with Crippen molar-refractivity contribution in [2.45, 2.75) is 45.4 Å². The zero-order valence-electron chi connectivity index (χ0n) is 12.5. The van der Waals surface area contributed by atoms with Gasteiger partial charge in [0.2, 0.25) is 0 Å². The summed E-state index contributed by atoms with van der Waals surface area (Å²) in [6.07, 6.45) is 0.395. The molecular weight excluding hydrogens is 257 g/mol. The number of aliphatic hydroxyl groups excluding tert-OH is 1. The topological polar surface area (TPSA) is 32.7 Å². The van der Waals surface area contributed by atoms with E-state index in [1.165, 1.54) is 11.6 Å². The van der Waals surface area contributed by atoms with Crippen LogP contribution in [0.5, 0.6) is 0 Å². The number of β-amino-alcohol motifs (C(OH)–C–C–N with tert-alkyl or cyclic N) is 1. The summed E-state index contributed by atoms with van der Waals surface area (Å²) < 4.78 is 18.8. The van der Waals surface area contributed by atoms with Gasteiger partial charge in [0.25, 0.3) is 0 Å². The van der Waals surface area contributed by atoms with Crippen LogP contribution in [0.1, 0.15) is 31.9 Å². The fourth-order valence-electron chi connectivity index (χ4n) is 2.44. The van der Waals surface area contributed by atoms with Crippen molar-refractivity contribution in [3.8, 4) is 0 Å². The number of rotatable bonds is 4. The first kappa shape index (κ1) is 15.4. The lowest BCUT2D eigenvalue weighted by molar-refractivity contribution is -0.0569. The van der Waals surface area contributed by atoms with Crippen molar-refractivity contribution in [3.05, 3.63) is 35.1 Å². The Morgan fingerprint density at radius 1 is 1.35 bits per heavy atom. The quantitative estimate of drug-likeness (QED) is 0.919. The zero-order chi connectivity index (χ0) is 14.8. The molecule has 0 spiro atoms. The molecule has 1 heterocycles. The van der Waals surface area contributed by atoms with Crippen LogP contribution in [0.25, 0.3) is 0 Å². The fourth-order valence-corrected chi connectivity index (χ4v) is 2.44. The molecule has 112 valence electrons. The number of hydrogen-bond acceptors (Lipinski definition) is 3. The lowest BCUT2D eigenvalue weighted by atomic mass is 9.99. The molecule has 0 radical (unpaired) electrons. The van der Waals surface area contributed by atoms with Crippen molar-refractivity contribution in [3.63, 3.8) is 0 Å². The van der Waals surface area contributed by atoms with E-state index in [2.05, 4.69) is 4.90 Å². The molecule has 0 fully saturated rings. The molecule has 0 unspecified atom stereocenters. The molecule has 0 aromatic heterocycles. The van der Waals surface area contributed by atoms with Gasteiger partial charge in [-0.3, -0.25) is 4.90 Å². The SMILES string of the molecule is CC(C)(C)OC[C@H](O)CN1CCc2ccc(F)cc2C1. The van der Waals surface area contributed by atoms with Gasteiger partial charge < -0.3 is 9.84 Å². The molecule has 1 aromatic rings. The third-order valence-corrected chi connectivity index (χ3v) is 3.44. The predicted molar refractivity (Wildman–Crippen MR) is 77.1 cm³/mol. The van der Waals surface area contributed by atoms with Gasteiger partial charge in [0.15, 0.2) is 0 Å². The highest BCUT2D eigenvalue weighted by Crippen LogP contribution is 2.20. The Bertz CT molecular complexity index is 456. The predicted octanol–water partition coefficient (Wildman–Crippen LogP) is 2.36. The van der Waals surface area contributed by atoms with E-state index < -0.39 is 6.10 Å². The van der Waals surface area contributed by atoms with Crippen LogP contribution in [0.15, 0.2) is 18.2 Å². The van der Waals surface area contributed by atoms with E-state index in [9.17, 15) is 9.50 Å². The van der Waals surface area contributed by atoms with Crippen molar-refractivity contribution in [1.82, 2.24) is 4.90 Å². The molecule has 1 aromatic carbocycles. The minimum atomic E-state index is -0.510. The van der Waals surface area contributed by atoms with E-state index in [-0.39, 0.29) is 11.4 Å². The van der Waals surface area contributed by atoms with Crippen LogP contribution >= 0.6 is 0 Å². The number of nitrogens with zero attached hydrogens (tertiary/aromatic N) is 1. The number of halogens is 1. The van der Waals surface area contributed by atoms with Crippen molar-refractivity contribution < 1.29 is 14.2 Å². The Kier molecular flexibility index (Phi) is 4.78. The van der Waals surface area contributed by atoms with Gasteiger partial charge in [-0.15, -0.1) is 0 Å². The maximum absolute atomic E-state index is 13.2. The van der Waals surface area contributed by atoms with E-state index in [1.807, 2.05) is 26.8 Å². The Labute approximate surface area is 120 Å². The molecule has 1 atom stereocenters. The molecule has 3 nitrogen and oxygen atoms in total. The number of hydrogen-bond donors (Lipinski definition) is 1. The zero-order valence-corrected chi connectivity index (χ0v) is 12.5. The molecule has 2 rings (SSSR count). The summed E-state index contributed by atoms with van der Waals surface area (Å²) in [6.45, 7) is 8.39. The van der Waals surface area contributed by atoms with Gasteiger partial charge in [-0.25, -0.2) is 4.39 Å². The Hall–Kier alpha value is -0.970. The summed E-state index contributed by atoms with van der Waals surface area (Å²) in [5.41, 5.74) is 2.00.